The first kappa shape index (κ1) is 29.6. The lowest BCUT2D eigenvalue weighted by molar-refractivity contribution is -0.258. The quantitative estimate of drug-likeness (QED) is 0.300. The van der Waals surface area contributed by atoms with E-state index in [0.717, 1.165) is 16.7 Å². The summed E-state index contributed by atoms with van der Waals surface area (Å²) in [4.78, 5) is 25.7. The molecule has 2 aliphatic heterocycles. The lowest BCUT2D eigenvalue weighted by atomic mass is 9.39. The van der Waals surface area contributed by atoms with Crippen molar-refractivity contribution in [1.82, 2.24) is 0 Å². The van der Waals surface area contributed by atoms with Crippen LogP contribution in [0.1, 0.15) is 79.2 Å². The Bertz CT molecular complexity index is 1310. The van der Waals surface area contributed by atoms with Gasteiger partial charge in [-0.3, -0.25) is 4.79 Å². The molecule has 0 radical (unpaired) electrons. The number of aliphatic hydroxyl groups excluding tert-OH is 2. The number of hydrogen-bond donors (Lipinski definition) is 2. The van der Waals surface area contributed by atoms with Crippen molar-refractivity contribution in [3.8, 4) is 0 Å². The number of furan rings is 1. The summed E-state index contributed by atoms with van der Waals surface area (Å²) < 4.78 is 30.8. The molecule has 3 aliphatic carbocycles. The Kier molecular flexibility index (Phi) is 7.08. The largest absolute Gasteiger partial charge is 0.472 e. The standard InChI is InChI=1S/C33H44O9/c1-8-16(2)30(37)42-29-27-28-31(5,15-39-27)24(40-18(4)34)13-23(35)32(28,6)22-12-25(36)41-21-11-20(19-9-10-38-14-19)17(3)26(21)33(22,29)7/h8-10,14,20-25,27-29,35-36H,11-13,15H2,1-7H3. The van der Waals surface area contributed by atoms with Crippen molar-refractivity contribution in [1.29, 1.82) is 0 Å². The van der Waals surface area contributed by atoms with E-state index in [0.29, 0.717) is 18.6 Å². The molecular weight excluding hydrogens is 540 g/mol. The monoisotopic (exact) mass is 584 g/mol. The fourth-order valence-electron chi connectivity index (χ4n) is 9.91. The minimum atomic E-state index is -1.08. The molecule has 3 heterocycles. The van der Waals surface area contributed by atoms with Gasteiger partial charge in [-0.1, -0.05) is 32.4 Å². The Hall–Kier alpha value is -2.46. The number of esters is 2. The van der Waals surface area contributed by atoms with Crippen LogP contribution in [0.5, 0.6) is 0 Å². The highest BCUT2D eigenvalue weighted by atomic mass is 16.6. The third-order valence-electron chi connectivity index (χ3n) is 11.9. The Morgan fingerprint density at radius 1 is 1.10 bits per heavy atom. The van der Waals surface area contributed by atoms with Crippen molar-refractivity contribution in [2.75, 3.05) is 6.61 Å². The molecule has 0 amide bonds. The molecule has 2 N–H and O–H groups in total. The molecule has 5 aliphatic rings. The minimum absolute atomic E-state index is 0.00469. The lowest BCUT2D eigenvalue weighted by Gasteiger charge is -2.66. The Morgan fingerprint density at radius 3 is 2.48 bits per heavy atom. The van der Waals surface area contributed by atoms with Gasteiger partial charge in [-0.25, -0.2) is 4.79 Å². The third-order valence-corrected chi connectivity index (χ3v) is 11.9. The highest BCUT2D eigenvalue weighted by molar-refractivity contribution is 5.87. The molecular formula is C33H44O9. The van der Waals surface area contributed by atoms with Crippen molar-refractivity contribution >= 4 is 11.9 Å². The molecule has 9 heteroatoms. The maximum atomic E-state index is 13.5. The first-order valence-corrected chi connectivity index (χ1v) is 15.2. The zero-order chi connectivity index (χ0) is 30.4. The van der Waals surface area contributed by atoms with Gasteiger partial charge in [-0.05, 0) is 50.3 Å². The van der Waals surface area contributed by atoms with E-state index in [-0.39, 0.29) is 30.6 Å². The molecule has 1 aromatic rings. The predicted molar refractivity (Wildman–Crippen MR) is 151 cm³/mol. The van der Waals surface area contributed by atoms with Crippen molar-refractivity contribution < 1.29 is 43.2 Å². The van der Waals surface area contributed by atoms with Gasteiger partial charge in [0.2, 0.25) is 0 Å². The topological polar surface area (TPSA) is 125 Å². The molecule has 0 aromatic carbocycles. The average Bonchev–Trinajstić information content (AvgIpc) is 3.64. The number of rotatable bonds is 4. The Balaban J connectivity index is 1.58. The minimum Gasteiger partial charge on any atom is -0.472 e. The van der Waals surface area contributed by atoms with Crippen LogP contribution in [0, 0.1) is 28.1 Å². The van der Waals surface area contributed by atoms with Crippen molar-refractivity contribution in [3.63, 3.8) is 0 Å². The highest BCUT2D eigenvalue weighted by Gasteiger charge is 2.77. The molecule has 230 valence electrons. The number of hydrogen-bond acceptors (Lipinski definition) is 9. The summed E-state index contributed by atoms with van der Waals surface area (Å²) in [6.45, 7) is 13.5. The third kappa shape index (κ3) is 3.96. The van der Waals surface area contributed by atoms with E-state index in [1.54, 1.807) is 32.4 Å². The van der Waals surface area contributed by atoms with Crippen LogP contribution in [0.3, 0.4) is 0 Å². The molecule has 2 saturated carbocycles. The second-order valence-electron chi connectivity index (χ2n) is 13.9. The number of allylic oxidation sites excluding steroid dienone is 2. The Labute approximate surface area is 247 Å². The van der Waals surface area contributed by atoms with Gasteiger partial charge >= 0.3 is 11.9 Å². The summed E-state index contributed by atoms with van der Waals surface area (Å²) in [6, 6.07) is 1.95. The first-order valence-electron chi connectivity index (χ1n) is 15.2. The zero-order valence-corrected chi connectivity index (χ0v) is 25.6. The van der Waals surface area contributed by atoms with Gasteiger partial charge in [-0.2, -0.15) is 0 Å². The van der Waals surface area contributed by atoms with Crippen molar-refractivity contribution in [2.24, 2.45) is 28.1 Å². The Morgan fingerprint density at radius 2 is 1.83 bits per heavy atom. The molecule has 2 saturated heterocycles. The maximum absolute atomic E-state index is 13.5. The van der Waals surface area contributed by atoms with Gasteiger partial charge < -0.3 is 33.6 Å². The first-order chi connectivity index (χ1) is 19.8. The fraction of sp³-hybridized carbons (Fsp3) is 0.697. The smallest absolute Gasteiger partial charge is 0.333 e. The molecule has 1 aromatic heterocycles. The zero-order valence-electron chi connectivity index (χ0n) is 25.6. The van der Waals surface area contributed by atoms with Crippen LogP contribution in [0.15, 0.2) is 45.8 Å². The summed E-state index contributed by atoms with van der Waals surface area (Å²) in [5.41, 5.74) is 1.35. The van der Waals surface area contributed by atoms with Crippen molar-refractivity contribution in [2.45, 2.75) is 110 Å². The van der Waals surface area contributed by atoms with Crippen molar-refractivity contribution in [3.05, 3.63) is 47.0 Å². The van der Waals surface area contributed by atoms with Crippen LogP contribution in [0.2, 0.25) is 0 Å². The lowest BCUT2D eigenvalue weighted by Crippen LogP contribution is -2.72. The molecule has 12 unspecified atom stereocenters. The van der Waals surface area contributed by atoms with Crippen LogP contribution in [-0.2, 0) is 28.5 Å². The second kappa shape index (κ2) is 10.0. The normalized spacial score (nSPS) is 46.4. The average molecular weight is 585 g/mol. The molecule has 9 nitrogen and oxygen atoms in total. The summed E-state index contributed by atoms with van der Waals surface area (Å²) in [6.07, 6.45) is 2.01. The van der Waals surface area contributed by atoms with E-state index < -0.39 is 65.0 Å². The summed E-state index contributed by atoms with van der Waals surface area (Å²) >= 11 is 0. The van der Waals surface area contributed by atoms with Crippen LogP contribution in [-0.4, -0.2) is 65.6 Å². The molecule has 42 heavy (non-hydrogen) atoms. The fourth-order valence-corrected chi connectivity index (χ4v) is 9.91. The summed E-state index contributed by atoms with van der Waals surface area (Å²) in [5, 5.41) is 23.4. The summed E-state index contributed by atoms with van der Waals surface area (Å²) in [5.74, 6) is -1.51. The SMILES string of the molecule is CC=C(C)C(=O)OC1C2OCC3(C)C(OC(C)=O)CC(O)C(C)(C23)C2CC(O)OC3CC(c4ccoc4)C(C)=C3C12C. The second-order valence-corrected chi connectivity index (χ2v) is 13.9. The molecule has 0 bridgehead atoms. The maximum Gasteiger partial charge on any atom is 0.333 e. The number of ether oxygens (including phenoxy) is 4. The van der Waals surface area contributed by atoms with Gasteiger partial charge in [0.15, 0.2) is 6.29 Å². The summed E-state index contributed by atoms with van der Waals surface area (Å²) in [7, 11) is 0. The highest BCUT2D eigenvalue weighted by Crippen LogP contribution is 2.72. The molecule has 4 fully saturated rings. The predicted octanol–water partition coefficient (Wildman–Crippen LogP) is 4.43. The van der Waals surface area contributed by atoms with Crippen LogP contribution >= 0.6 is 0 Å². The van der Waals surface area contributed by atoms with E-state index in [9.17, 15) is 19.8 Å². The molecule has 12 atom stereocenters. The van der Waals surface area contributed by atoms with E-state index >= 15 is 0 Å². The van der Waals surface area contributed by atoms with Gasteiger partial charge in [-0.15, -0.1) is 0 Å². The van der Waals surface area contributed by atoms with E-state index in [2.05, 4.69) is 27.7 Å². The number of fused-ring (bicyclic) bond motifs is 4. The molecule has 0 spiro atoms. The van der Waals surface area contributed by atoms with E-state index in [4.69, 9.17) is 23.4 Å². The van der Waals surface area contributed by atoms with Gasteiger partial charge in [0.05, 0.1) is 37.4 Å². The van der Waals surface area contributed by atoms with E-state index in [1.165, 1.54) is 6.92 Å². The van der Waals surface area contributed by atoms with Gasteiger partial charge in [0.1, 0.15) is 12.2 Å². The van der Waals surface area contributed by atoms with Crippen LogP contribution in [0.25, 0.3) is 0 Å². The number of aliphatic hydroxyl groups is 2. The van der Waals surface area contributed by atoms with E-state index in [1.807, 2.05) is 6.07 Å². The van der Waals surface area contributed by atoms with Crippen LogP contribution in [0.4, 0.5) is 0 Å². The number of carbonyl (C=O) groups is 2. The van der Waals surface area contributed by atoms with Gasteiger partial charge in [0.25, 0.3) is 0 Å². The molecule has 6 rings (SSSR count). The van der Waals surface area contributed by atoms with Gasteiger partial charge in [0, 0.05) is 53.4 Å². The number of carbonyl (C=O) groups excluding carboxylic acids is 2. The van der Waals surface area contributed by atoms with Crippen LogP contribution < -0.4 is 0 Å².